The van der Waals surface area contributed by atoms with E-state index in [9.17, 15) is 40.2 Å². The van der Waals surface area contributed by atoms with E-state index < -0.39 is 75.7 Å². The molecule has 37 heavy (non-hydrogen) atoms. The number of benzene rings is 3. The Bertz CT molecular complexity index is 1260. The first-order valence-electron chi connectivity index (χ1n) is 10.9. The molecule has 200 valence electrons. The second-order valence-electron chi connectivity index (χ2n) is 7.93. The van der Waals surface area contributed by atoms with Crippen LogP contribution in [0.1, 0.15) is 37.3 Å². The lowest BCUT2D eigenvalue weighted by Gasteiger charge is -2.21. The molecule has 0 aliphatic heterocycles. The van der Waals surface area contributed by atoms with Crippen LogP contribution in [0, 0.1) is 29.1 Å². The van der Waals surface area contributed by atoms with Crippen LogP contribution in [0.3, 0.4) is 0 Å². The molecule has 0 aromatic heterocycles. The lowest BCUT2D eigenvalue weighted by atomic mass is 9.97. The van der Waals surface area contributed by atoms with Gasteiger partial charge in [0.05, 0.1) is 5.56 Å². The van der Waals surface area contributed by atoms with Crippen LogP contribution >= 0.6 is 0 Å². The third-order valence-corrected chi connectivity index (χ3v) is 5.29. The molecule has 0 amide bonds. The van der Waals surface area contributed by atoms with E-state index in [1.807, 2.05) is 6.92 Å². The van der Waals surface area contributed by atoms with Gasteiger partial charge in [0.1, 0.15) is 28.7 Å². The van der Waals surface area contributed by atoms with E-state index in [2.05, 4.69) is 9.47 Å². The molecule has 3 nitrogen and oxygen atoms in total. The molecule has 1 N–H and O–H groups in total. The van der Waals surface area contributed by atoms with Crippen molar-refractivity contribution < 1.29 is 54.1 Å². The summed E-state index contributed by atoms with van der Waals surface area (Å²) in [7, 11) is 0. The van der Waals surface area contributed by atoms with Gasteiger partial charge in [-0.1, -0.05) is 31.9 Å². The van der Waals surface area contributed by atoms with E-state index in [0.29, 0.717) is 12.0 Å². The summed E-state index contributed by atoms with van der Waals surface area (Å²) in [6.07, 6.45) is -1.98. The summed E-state index contributed by atoms with van der Waals surface area (Å²) in [6, 6.07) is 3.60. The summed E-state index contributed by atoms with van der Waals surface area (Å²) >= 11 is 0. The van der Waals surface area contributed by atoms with E-state index in [-0.39, 0.29) is 18.2 Å². The number of aryl methyl sites for hydroxylation is 1. The van der Waals surface area contributed by atoms with Crippen LogP contribution in [0.15, 0.2) is 36.4 Å². The molecular formula is C25H19F9O3. The van der Waals surface area contributed by atoms with E-state index in [1.54, 1.807) is 0 Å². The Morgan fingerprint density at radius 2 is 1.51 bits per heavy atom. The average Bonchev–Trinajstić information content (AvgIpc) is 2.77. The van der Waals surface area contributed by atoms with Crippen LogP contribution in [-0.2, 0) is 12.5 Å². The monoisotopic (exact) mass is 538 g/mol. The molecule has 0 spiro atoms. The lowest BCUT2D eigenvalue weighted by Crippen LogP contribution is -2.26. The lowest BCUT2D eigenvalue weighted by molar-refractivity contribution is -0.189. The number of hydrogen-bond donors (Lipinski definition) is 1. The summed E-state index contributed by atoms with van der Waals surface area (Å²) in [5.74, 6) is -13.0. The van der Waals surface area contributed by atoms with Crippen LogP contribution < -0.4 is 9.47 Å². The fourth-order valence-corrected chi connectivity index (χ4v) is 3.62. The first-order valence-corrected chi connectivity index (χ1v) is 10.9. The highest BCUT2D eigenvalue weighted by Gasteiger charge is 2.43. The summed E-state index contributed by atoms with van der Waals surface area (Å²) in [6.45, 7) is -1.67. The number of aromatic hydroxyl groups is 1. The van der Waals surface area contributed by atoms with Crippen molar-refractivity contribution in [3.63, 3.8) is 0 Å². The van der Waals surface area contributed by atoms with Gasteiger partial charge in [0.2, 0.25) is 0 Å². The number of ether oxygens (including phenoxy) is 2. The minimum absolute atomic E-state index is 0.0305. The predicted octanol–water partition coefficient (Wildman–Crippen LogP) is 8.22. The van der Waals surface area contributed by atoms with Crippen molar-refractivity contribution in [2.45, 2.75) is 45.3 Å². The molecule has 0 saturated carbocycles. The van der Waals surface area contributed by atoms with Gasteiger partial charge in [0, 0.05) is 23.8 Å². The first kappa shape index (κ1) is 28.0. The van der Waals surface area contributed by atoms with Crippen molar-refractivity contribution in [3.05, 3.63) is 76.6 Å². The Morgan fingerprint density at radius 1 is 0.865 bits per heavy atom. The zero-order valence-electron chi connectivity index (χ0n) is 19.0. The first-order chi connectivity index (χ1) is 17.4. The van der Waals surface area contributed by atoms with E-state index in [0.717, 1.165) is 31.4 Å². The average molecular weight is 538 g/mol. The molecular weight excluding hydrogens is 519 g/mol. The molecule has 0 heterocycles. The van der Waals surface area contributed by atoms with Gasteiger partial charge in [-0.05, 0) is 24.5 Å². The summed E-state index contributed by atoms with van der Waals surface area (Å²) < 4.78 is 134. The van der Waals surface area contributed by atoms with Crippen LogP contribution in [0.2, 0.25) is 0 Å². The Hall–Kier alpha value is -3.57. The van der Waals surface area contributed by atoms with E-state index >= 15 is 4.39 Å². The molecule has 3 aromatic rings. The van der Waals surface area contributed by atoms with Gasteiger partial charge in [-0.3, -0.25) is 0 Å². The highest BCUT2D eigenvalue weighted by atomic mass is 19.3. The van der Waals surface area contributed by atoms with Crippen molar-refractivity contribution in [2.24, 2.45) is 0 Å². The molecule has 3 rings (SSSR count). The quantitative estimate of drug-likeness (QED) is 0.209. The highest BCUT2D eigenvalue weighted by molar-refractivity contribution is 5.73. The number of unbranched alkanes of at least 4 members (excludes halogenated alkanes) is 2. The van der Waals surface area contributed by atoms with Crippen LogP contribution in [0.4, 0.5) is 39.5 Å². The van der Waals surface area contributed by atoms with Gasteiger partial charge < -0.3 is 14.6 Å². The topological polar surface area (TPSA) is 38.7 Å². The maximum Gasteiger partial charge on any atom is 0.432 e. The summed E-state index contributed by atoms with van der Waals surface area (Å²) in [4.78, 5) is 0. The van der Waals surface area contributed by atoms with E-state index in [1.165, 1.54) is 6.07 Å². The normalized spacial score (nSPS) is 11.8. The van der Waals surface area contributed by atoms with Gasteiger partial charge in [-0.2, -0.15) is 17.6 Å². The Morgan fingerprint density at radius 3 is 2.08 bits per heavy atom. The van der Waals surface area contributed by atoms with Gasteiger partial charge in [0.15, 0.2) is 23.2 Å². The number of rotatable bonds is 10. The van der Waals surface area contributed by atoms with Crippen LogP contribution in [0.25, 0.3) is 11.1 Å². The molecule has 12 heteroatoms. The van der Waals surface area contributed by atoms with Crippen molar-refractivity contribution in [1.29, 1.82) is 0 Å². The second kappa shape index (κ2) is 11.2. The maximum atomic E-state index is 15.2. The molecule has 0 saturated heterocycles. The largest absolute Gasteiger partial charge is 0.507 e. The molecule has 0 radical (unpaired) electrons. The Balaban J connectivity index is 2.01. The van der Waals surface area contributed by atoms with Gasteiger partial charge in [-0.15, -0.1) is 0 Å². The smallest absolute Gasteiger partial charge is 0.432 e. The summed E-state index contributed by atoms with van der Waals surface area (Å²) in [5.41, 5.74) is -3.33. The van der Waals surface area contributed by atoms with E-state index in [4.69, 9.17) is 0 Å². The highest BCUT2D eigenvalue weighted by Crippen LogP contribution is 2.43. The number of alkyl halides is 4. The maximum absolute atomic E-state index is 15.2. The summed E-state index contributed by atoms with van der Waals surface area (Å²) in [5, 5.41) is 10.0. The number of phenolic OH excluding ortho intramolecular Hbond substituents is 1. The van der Waals surface area contributed by atoms with Crippen LogP contribution in [0.5, 0.6) is 17.2 Å². The minimum Gasteiger partial charge on any atom is -0.507 e. The fraction of sp³-hybridized carbons (Fsp3) is 0.280. The standard InChI is InChI=1S/C25H19F9O3/c1-2-3-4-5-12-6-7-14(15(26)8-12)20-19(35)11-16(27)21(22(20)30)25(33,34)37-13-9-17(28)23(18(29)10-13)36-24(31)32/h6-11,24,35H,2-5H2,1H3. The number of halogens is 9. The zero-order chi connectivity index (χ0) is 27.5. The molecule has 3 aromatic carbocycles. The Labute approximate surface area is 205 Å². The number of hydrogen-bond acceptors (Lipinski definition) is 3. The second-order valence-corrected chi connectivity index (χ2v) is 7.93. The molecule has 0 bridgehead atoms. The molecule has 0 aliphatic rings. The third-order valence-electron chi connectivity index (χ3n) is 5.29. The molecule has 0 aliphatic carbocycles. The Kier molecular flexibility index (Phi) is 8.49. The van der Waals surface area contributed by atoms with Crippen LogP contribution in [-0.4, -0.2) is 11.7 Å². The predicted molar refractivity (Wildman–Crippen MR) is 114 cm³/mol. The zero-order valence-corrected chi connectivity index (χ0v) is 19.0. The minimum atomic E-state index is -4.96. The molecule has 0 unspecified atom stereocenters. The number of phenols is 1. The van der Waals surface area contributed by atoms with Crippen molar-refractivity contribution in [3.8, 4) is 28.4 Å². The molecule has 0 atom stereocenters. The van der Waals surface area contributed by atoms with Gasteiger partial charge in [0.25, 0.3) is 0 Å². The SMILES string of the molecule is CCCCCc1ccc(-c2c(O)cc(F)c(C(F)(F)Oc3cc(F)c(OC(F)F)c(F)c3)c2F)c(F)c1. The van der Waals surface area contributed by atoms with Gasteiger partial charge >= 0.3 is 12.7 Å². The molecule has 0 fully saturated rings. The van der Waals surface area contributed by atoms with Crippen molar-refractivity contribution >= 4 is 0 Å². The van der Waals surface area contributed by atoms with Crippen molar-refractivity contribution in [2.75, 3.05) is 0 Å². The van der Waals surface area contributed by atoms with Gasteiger partial charge in [-0.25, -0.2) is 22.0 Å². The third kappa shape index (κ3) is 6.23. The fourth-order valence-electron chi connectivity index (χ4n) is 3.62. The van der Waals surface area contributed by atoms with Crippen molar-refractivity contribution in [1.82, 2.24) is 0 Å².